The molecule has 0 aliphatic heterocycles. The third kappa shape index (κ3) is 1390. The molecule has 0 aliphatic rings. The van der Waals surface area contributed by atoms with Crippen molar-refractivity contribution >= 4 is 27.5 Å². The van der Waals surface area contributed by atoms with E-state index in [1.165, 1.54) is 0 Å². The first kappa shape index (κ1) is 15.7. The average Bonchev–Trinajstić information content (AvgIpc) is 1.39. The van der Waals surface area contributed by atoms with Gasteiger partial charge in [-0.1, -0.05) is 0 Å². The molecule has 0 fully saturated rings. The summed E-state index contributed by atoms with van der Waals surface area (Å²) in [6, 6.07) is 0. The first-order valence-electron chi connectivity index (χ1n) is 0.730. The summed E-state index contributed by atoms with van der Waals surface area (Å²) in [5.74, 6) is 0. The maximum absolute atomic E-state index is 8.35. The summed E-state index contributed by atoms with van der Waals surface area (Å²) in [7, 11) is -2.17. The van der Waals surface area contributed by atoms with Crippen molar-refractivity contribution in [3.8, 4) is 0 Å². The number of rotatable bonds is 0. The van der Waals surface area contributed by atoms with E-state index in [0.29, 0.717) is 0 Å². The number of hydrogen-bond donors (Lipinski definition) is 0. The molecule has 7 heavy (non-hydrogen) atoms. The van der Waals surface area contributed by atoms with E-state index in [1.54, 1.807) is 0 Å². The van der Waals surface area contributed by atoms with E-state index in [-0.39, 0.29) is 10.1 Å². The van der Waals surface area contributed by atoms with Gasteiger partial charge < -0.3 is 9.79 Å². The first-order valence-corrected chi connectivity index (χ1v) is 2.19. The van der Waals surface area contributed by atoms with Gasteiger partial charge in [0.25, 0.3) is 0 Å². The van der Waals surface area contributed by atoms with Crippen molar-refractivity contribution < 1.29 is 18.9 Å². The van der Waals surface area contributed by atoms with Gasteiger partial charge in [0.2, 0.25) is 0 Å². The van der Waals surface area contributed by atoms with Crippen molar-refractivity contribution in [2.75, 3.05) is 0 Å². The van der Waals surface area contributed by atoms with Gasteiger partial charge in [0.05, 0.1) is 17.4 Å². The van der Waals surface area contributed by atoms with Gasteiger partial charge in [-0.3, -0.25) is 9.13 Å². The van der Waals surface area contributed by atoms with E-state index >= 15 is 0 Å². The van der Waals surface area contributed by atoms with Crippen LogP contribution in [-0.2, 0) is 9.13 Å². The summed E-state index contributed by atoms with van der Waals surface area (Å²) < 4.78 is 16.7. The Morgan fingerprint density at radius 1 is 1.00 bits per heavy atom. The van der Waals surface area contributed by atoms with Crippen LogP contribution in [0.3, 0.4) is 0 Å². The molecule has 0 aromatic heterocycles. The Morgan fingerprint density at radius 2 is 1.00 bits per heavy atom. The third-order valence-electron chi connectivity index (χ3n) is 0. The molecule has 0 heterocycles. The molecular weight excluding hydrogens is 135 g/mol. The summed E-state index contributed by atoms with van der Waals surface area (Å²) in [5.41, 5.74) is 0. The van der Waals surface area contributed by atoms with Gasteiger partial charge in [0, 0.05) is 0 Å². The fourth-order valence-electron chi connectivity index (χ4n) is 0. The molecule has 4 nitrogen and oxygen atoms in total. The van der Waals surface area contributed by atoms with E-state index in [0.717, 1.165) is 0 Å². The van der Waals surface area contributed by atoms with E-state index in [9.17, 15) is 0 Å². The minimum atomic E-state index is -1.08. The second-order valence-electron chi connectivity index (χ2n) is 0.149. The smallest absolute Gasteiger partial charge is 0.772 e. The predicted molar refractivity (Wildman–Crippen MR) is 21.0 cm³/mol. The van der Waals surface area contributed by atoms with Gasteiger partial charge in [0.15, 0.2) is 0 Å². The molecule has 0 N–H and O–H groups in total. The van der Waals surface area contributed by atoms with Crippen LogP contribution in [0.25, 0.3) is 0 Å². The van der Waals surface area contributed by atoms with Crippen molar-refractivity contribution in [3.05, 3.63) is 0 Å². The van der Waals surface area contributed by atoms with E-state index in [2.05, 4.69) is 0 Å². The molecule has 0 radical (unpaired) electrons. The monoisotopic (exact) mass is 135 g/mol. The van der Waals surface area contributed by atoms with Crippen LogP contribution in [0.2, 0.25) is 0 Å². The molecule has 0 spiro atoms. The van der Waals surface area contributed by atoms with Gasteiger partial charge in [-0.25, -0.2) is 0 Å². The molecule has 0 amide bonds. The molecule has 0 saturated carbocycles. The summed E-state index contributed by atoms with van der Waals surface area (Å²) >= 11 is 0. The summed E-state index contributed by atoms with van der Waals surface area (Å²) in [6.07, 6.45) is 0. The van der Waals surface area contributed by atoms with Crippen molar-refractivity contribution in [1.82, 2.24) is 0 Å². The second kappa shape index (κ2) is 33.6. The first-order chi connectivity index (χ1) is 2.83. The Morgan fingerprint density at radius 3 is 1.00 bits per heavy atom. The van der Waals surface area contributed by atoms with Crippen molar-refractivity contribution in [2.24, 2.45) is 0 Å². The van der Waals surface area contributed by atoms with E-state index in [1.807, 2.05) is 0 Å². The molecule has 0 bridgehead atoms. The minimum absolute atomic E-state index is 0. The van der Waals surface area contributed by atoms with Crippen LogP contribution < -0.4 is 9.79 Å². The Kier molecular flexibility index (Phi) is 75.2. The summed E-state index contributed by atoms with van der Waals surface area (Å²) in [4.78, 5) is 16.7. The Hall–Kier alpha value is 0.289. The average molecular weight is 135 g/mol. The van der Waals surface area contributed by atoms with E-state index < -0.39 is 17.4 Å². The molecule has 0 aromatic carbocycles. The number of hydrogen-bond acceptors (Lipinski definition) is 4. The molecule has 7 heteroatoms. The van der Waals surface area contributed by atoms with Crippen molar-refractivity contribution in [2.45, 2.75) is 0 Å². The van der Waals surface area contributed by atoms with Crippen molar-refractivity contribution in [1.29, 1.82) is 0 Å². The summed E-state index contributed by atoms with van der Waals surface area (Å²) in [6.45, 7) is 0. The molecule has 0 atom stereocenters. The zero-order chi connectivity index (χ0) is 5.41. The molecule has 0 aromatic rings. The summed E-state index contributed by atoms with van der Waals surface area (Å²) in [5, 5.41) is 0. The minimum Gasteiger partial charge on any atom is -0.772 e. The Bertz CT molecular complexity index is 30.7. The molecule has 36 valence electrons. The van der Waals surface area contributed by atoms with E-state index in [4.69, 9.17) is 18.9 Å². The molecule has 0 saturated heterocycles. The normalized spacial score (nSPS) is 6.00. The zero-order valence-corrected chi connectivity index (χ0v) is 5.02. The van der Waals surface area contributed by atoms with Crippen LogP contribution in [0.1, 0.15) is 0 Å². The van der Waals surface area contributed by atoms with Crippen molar-refractivity contribution in [3.63, 3.8) is 0 Å². The Balaban J connectivity index is -0.0000000400. The van der Waals surface area contributed by atoms with Crippen LogP contribution in [-0.4, -0.2) is 10.1 Å². The van der Waals surface area contributed by atoms with Crippen LogP contribution in [0.4, 0.5) is 0 Å². The van der Waals surface area contributed by atoms with Crippen LogP contribution in [0, 0.1) is 0 Å². The fraction of sp³-hybridized carbons (Fsp3) is 0. The van der Waals surface area contributed by atoms with Crippen LogP contribution in [0.5, 0.6) is 0 Å². The van der Waals surface area contributed by atoms with Crippen LogP contribution >= 0.6 is 17.4 Å². The third-order valence-corrected chi connectivity index (χ3v) is 0. The fourth-order valence-corrected chi connectivity index (χ4v) is 0. The largest absolute Gasteiger partial charge is 2.00 e. The maximum atomic E-state index is 8.35. The molecule has 0 unspecified atom stereocenters. The predicted octanol–water partition coefficient (Wildman–Crippen LogP) is -1.27. The van der Waals surface area contributed by atoms with Gasteiger partial charge in [-0.15, -0.1) is 0 Å². The van der Waals surface area contributed by atoms with Gasteiger partial charge >= 0.3 is 10.1 Å². The van der Waals surface area contributed by atoms with Crippen LogP contribution in [0.15, 0.2) is 0 Å². The van der Waals surface area contributed by atoms with Gasteiger partial charge in [-0.05, 0) is 0 Å². The van der Waals surface area contributed by atoms with Gasteiger partial charge in [0.1, 0.15) is 0 Å². The molecular formula is BeO4P2. The Labute approximate surface area is 47.3 Å². The van der Waals surface area contributed by atoms with Gasteiger partial charge in [-0.2, -0.15) is 0 Å². The molecule has 0 aliphatic carbocycles. The maximum Gasteiger partial charge on any atom is 2.00 e. The second-order valence-corrected chi connectivity index (χ2v) is 0.447. The molecule has 0 rings (SSSR count). The zero-order valence-electron chi connectivity index (χ0n) is 3.23. The quantitative estimate of drug-likeness (QED) is 0.306. The standard InChI is InChI=1S/Be.2HO2P/c;2*1-3-2/h;2*(H,1,2)/q+2;;/p-2. The SMILES string of the molecule is O=P[O-].O=P[O-].[Be+2]. The topological polar surface area (TPSA) is 80.3 Å².